The van der Waals surface area contributed by atoms with Crippen molar-refractivity contribution >= 4 is 41.0 Å². The molecule has 3 aliphatic rings. The summed E-state index contributed by atoms with van der Waals surface area (Å²) in [6.45, 7) is 5.45. The van der Waals surface area contributed by atoms with Crippen LogP contribution in [0.1, 0.15) is 19.4 Å². The Morgan fingerprint density at radius 3 is 2.44 bits per heavy atom. The summed E-state index contributed by atoms with van der Waals surface area (Å²) in [5, 5.41) is 2.76. The van der Waals surface area contributed by atoms with E-state index in [0.29, 0.717) is 37.7 Å². The summed E-state index contributed by atoms with van der Waals surface area (Å²) in [7, 11) is 1.56. The Kier molecular flexibility index (Phi) is 6.58. The number of fused-ring (bicyclic) bond motifs is 1. The average molecular weight is 466 g/mol. The summed E-state index contributed by atoms with van der Waals surface area (Å²) < 4.78 is 2.05. The van der Waals surface area contributed by atoms with E-state index in [4.69, 9.17) is 0 Å². The fourth-order valence-electron chi connectivity index (χ4n) is 4.42. The first kappa shape index (κ1) is 23.3. The fourth-order valence-corrected chi connectivity index (χ4v) is 4.42. The minimum absolute atomic E-state index is 0.0201. The number of amides is 5. The van der Waals surface area contributed by atoms with Crippen LogP contribution in [0.5, 0.6) is 0 Å². The van der Waals surface area contributed by atoms with Crippen molar-refractivity contribution < 1.29 is 23.8 Å². The van der Waals surface area contributed by atoms with Crippen LogP contribution >= 0.6 is 0 Å². The summed E-state index contributed by atoms with van der Waals surface area (Å²) in [5.41, 5.74) is 2.47. The molecule has 178 valence electrons. The Morgan fingerprint density at radius 1 is 1.15 bits per heavy atom. The van der Waals surface area contributed by atoms with Crippen LogP contribution in [0, 0.1) is 5.92 Å². The van der Waals surface area contributed by atoms with E-state index in [1.807, 2.05) is 23.6 Å². The predicted octanol–water partition coefficient (Wildman–Crippen LogP) is 0.939. The summed E-state index contributed by atoms with van der Waals surface area (Å²) in [6.07, 6.45) is 4.24. The lowest BCUT2D eigenvalue weighted by Gasteiger charge is -2.37. The topological polar surface area (TPSA) is 105 Å². The molecule has 2 saturated heterocycles. The number of anilines is 1. The molecule has 2 fully saturated rings. The van der Waals surface area contributed by atoms with Gasteiger partial charge in [-0.1, -0.05) is 19.1 Å². The Labute approximate surface area is 198 Å². The van der Waals surface area contributed by atoms with Crippen LogP contribution < -0.4 is 5.32 Å². The van der Waals surface area contributed by atoms with Crippen molar-refractivity contribution in [1.82, 2.24) is 14.7 Å². The van der Waals surface area contributed by atoms with Gasteiger partial charge in [0.25, 0.3) is 5.91 Å². The van der Waals surface area contributed by atoms with Gasteiger partial charge in [0.15, 0.2) is 24.7 Å². The Hall–Kier alpha value is -3.82. The molecule has 3 heterocycles. The van der Waals surface area contributed by atoms with Crippen LogP contribution in [0.15, 0.2) is 41.5 Å². The van der Waals surface area contributed by atoms with E-state index in [1.165, 1.54) is 4.90 Å². The monoisotopic (exact) mass is 465 g/mol. The fraction of sp³-hybridized carbons (Fsp3) is 0.417. The second-order valence-electron chi connectivity index (χ2n) is 8.52. The smallest absolute Gasteiger partial charge is 0.330 e. The van der Waals surface area contributed by atoms with Gasteiger partial charge in [-0.15, -0.1) is 0 Å². The molecule has 0 radical (unpaired) electrons. The van der Waals surface area contributed by atoms with Gasteiger partial charge < -0.3 is 10.2 Å². The lowest BCUT2D eigenvalue weighted by atomic mass is 9.94. The SMILES string of the molecule is CCc1ccc(NC(=O)CN2C(=O)C3C(=NC=CC3=[N+]3CCN(C(C)=O)CC3)N(C)C2=O)cc1. The van der Waals surface area contributed by atoms with Gasteiger partial charge in [-0.2, -0.15) is 0 Å². The van der Waals surface area contributed by atoms with Gasteiger partial charge in [0.2, 0.25) is 11.8 Å². The highest BCUT2D eigenvalue weighted by Gasteiger charge is 2.49. The zero-order valence-corrected chi connectivity index (χ0v) is 19.7. The zero-order valence-electron chi connectivity index (χ0n) is 19.7. The minimum atomic E-state index is -0.784. The first-order chi connectivity index (χ1) is 16.3. The zero-order chi connectivity index (χ0) is 24.4. The third kappa shape index (κ3) is 4.48. The van der Waals surface area contributed by atoms with Gasteiger partial charge in [-0.3, -0.25) is 24.2 Å². The number of piperazine rings is 1. The molecule has 0 aliphatic carbocycles. The highest BCUT2D eigenvalue weighted by Crippen LogP contribution is 2.23. The number of rotatable bonds is 4. The number of benzene rings is 1. The maximum absolute atomic E-state index is 13.5. The molecule has 0 aromatic heterocycles. The van der Waals surface area contributed by atoms with E-state index in [1.54, 1.807) is 43.3 Å². The van der Waals surface area contributed by atoms with Crippen LogP contribution in [-0.2, 0) is 20.8 Å². The van der Waals surface area contributed by atoms with Gasteiger partial charge in [0.1, 0.15) is 12.4 Å². The van der Waals surface area contributed by atoms with Crippen LogP contribution in [0.2, 0.25) is 0 Å². The third-order valence-corrected chi connectivity index (χ3v) is 6.42. The second-order valence-corrected chi connectivity index (χ2v) is 8.52. The molecule has 10 nitrogen and oxygen atoms in total. The number of aryl methyl sites for hydroxylation is 1. The number of carbonyl (C=O) groups is 4. The Bertz CT molecular complexity index is 1110. The van der Waals surface area contributed by atoms with Crippen LogP contribution in [0.4, 0.5) is 10.5 Å². The number of nitrogens with zero attached hydrogens (tertiary/aromatic N) is 5. The number of hydrogen-bond acceptors (Lipinski definition) is 5. The first-order valence-corrected chi connectivity index (χ1v) is 11.4. The molecule has 0 bridgehead atoms. The quantitative estimate of drug-likeness (QED) is 0.668. The highest BCUT2D eigenvalue weighted by atomic mass is 16.2. The van der Waals surface area contributed by atoms with Gasteiger partial charge in [0.05, 0.1) is 13.1 Å². The molecule has 34 heavy (non-hydrogen) atoms. The van der Waals surface area contributed by atoms with Gasteiger partial charge in [-0.05, 0) is 24.1 Å². The molecule has 4 rings (SSSR count). The Morgan fingerprint density at radius 2 is 1.82 bits per heavy atom. The summed E-state index contributed by atoms with van der Waals surface area (Å²) >= 11 is 0. The number of nitrogens with one attached hydrogen (secondary N) is 1. The van der Waals surface area contributed by atoms with Gasteiger partial charge >= 0.3 is 6.03 Å². The van der Waals surface area contributed by atoms with Crippen molar-refractivity contribution in [3.05, 3.63) is 42.1 Å². The number of amidine groups is 1. The van der Waals surface area contributed by atoms with Crippen LogP contribution in [0.25, 0.3) is 0 Å². The van der Waals surface area contributed by atoms with Crippen LogP contribution in [-0.4, -0.2) is 94.3 Å². The Balaban J connectivity index is 1.53. The van der Waals surface area contributed by atoms with Crippen molar-refractivity contribution in [2.75, 3.05) is 45.1 Å². The molecule has 10 heteroatoms. The first-order valence-electron chi connectivity index (χ1n) is 11.4. The molecule has 0 spiro atoms. The molecule has 1 N–H and O–H groups in total. The van der Waals surface area contributed by atoms with Crippen molar-refractivity contribution in [3.8, 4) is 0 Å². The van der Waals surface area contributed by atoms with Crippen molar-refractivity contribution in [1.29, 1.82) is 0 Å². The van der Waals surface area contributed by atoms with Crippen molar-refractivity contribution in [2.45, 2.75) is 20.3 Å². The number of aliphatic imine (C=N–C) groups is 1. The predicted molar refractivity (Wildman–Crippen MR) is 127 cm³/mol. The molecule has 5 amide bonds. The molecule has 0 saturated carbocycles. The van der Waals surface area contributed by atoms with E-state index in [-0.39, 0.29) is 5.91 Å². The summed E-state index contributed by atoms with van der Waals surface area (Å²) in [6, 6.07) is 6.85. The van der Waals surface area contributed by atoms with E-state index < -0.39 is 30.3 Å². The molecular formula is C24H29N6O4+. The molecular weight excluding hydrogens is 436 g/mol. The van der Waals surface area contributed by atoms with Crippen LogP contribution in [0.3, 0.4) is 0 Å². The maximum atomic E-state index is 13.5. The molecule has 1 unspecified atom stereocenters. The number of imide groups is 1. The standard InChI is InChI=1S/C24H28N6O4/c1-4-17-5-7-18(8-6-17)26-20(32)15-30-23(33)21-19(9-10-25-22(21)27(3)24(30)34)29-13-11-28(12-14-29)16(2)31/h5-10,21H,4,11-15H2,1-3H3/p+1. The number of hydrogen-bond donors (Lipinski definition) is 1. The van der Waals surface area contributed by atoms with Gasteiger partial charge in [-0.25, -0.2) is 14.4 Å². The van der Waals surface area contributed by atoms with E-state index >= 15 is 0 Å². The maximum Gasteiger partial charge on any atom is 0.332 e. The average Bonchev–Trinajstić information content (AvgIpc) is 2.85. The lowest BCUT2D eigenvalue weighted by Crippen LogP contribution is -2.63. The number of urea groups is 1. The van der Waals surface area contributed by atoms with E-state index in [0.717, 1.165) is 22.6 Å². The molecule has 1 aromatic rings. The molecule has 3 aliphatic heterocycles. The summed E-state index contributed by atoms with van der Waals surface area (Å²) in [5.74, 6) is -1.36. The van der Waals surface area contributed by atoms with E-state index in [9.17, 15) is 19.2 Å². The van der Waals surface area contributed by atoms with E-state index in [2.05, 4.69) is 10.3 Å². The highest BCUT2D eigenvalue weighted by molar-refractivity contribution is 6.31. The number of allylic oxidation sites excluding steroid dienone is 1. The van der Waals surface area contributed by atoms with Gasteiger partial charge in [0, 0.05) is 31.9 Å². The third-order valence-electron chi connectivity index (χ3n) is 6.42. The van der Waals surface area contributed by atoms with Crippen molar-refractivity contribution in [2.24, 2.45) is 10.9 Å². The number of carbonyl (C=O) groups excluding carboxylic acids is 4. The lowest BCUT2D eigenvalue weighted by molar-refractivity contribution is -0.538. The normalized spacial score (nSPS) is 20.4. The summed E-state index contributed by atoms with van der Waals surface area (Å²) in [4.78, 5) is 59.2. The molecule has 1 atom stereocenters. The van der Waals surface area contributed by atoms with Crippen molar-refractivity contribution in [3.63, 3.8) is 0 Å². The molecule has 1 aromatic carbocycles. The minimum Gasteiger partial charge on any atom is -0.330 e. The largest absolute Gasteiger partial charge is 0.332 e. The second kappa shape index (κ2) is 9.58.